The first kappa shape index (κ1) is 20.9. The van der Waals surface area contributed by atoms with Crippen LogP contribution in [-0.4, -0.2) is 49.6 Å². The number of ketones is 2. The van der Waals surface area contributed by atoms with Crippen LogP contribution < -0.4 is 4.90 Å². The quantitative estimate of drug-likeness (QED) is 0.457. The van der Waals surface area contributed by atoms with Gasteiger partial charge in [0.2, 0.25) is 5.78 Å². The van der Waals surface area contributed by atoms with Gasteiger partial charge in [0.05, 0.1) is 33.2 Å². The molecule has 1 aliphatic rings. The number of carbonyl (C=O) groups is 3. The summed E-state index contributed by atoms with van der Waals surface area (Å²) < 4.78 is 13.5. The molecule has 29 heavy (non-hydrogen) atoms. The van der Waals surface area contributed by atoms with E-state index in [0.29, 0.717) is 24.2 Å². The monoisotopic (exact) mass is 397 g/mol. The van der Waals surface area contributed by atoms with E-state index in [4.69, 9.17) is 0 Å². The van der Waals surface area contributed by atoms with Crippen molar-refractivity contribution in [2.75, 3.05) is 27.2 Å². The average molecular weight is 397 g/mol. The number of nitrogens with one attached hydrogen (secondary N) is 1. The van der Waals surface area contributed by atoms with Crippen molar-refractivity contribution in [1.29, 1.82) is 0 Å². The van der Waals surface area contributed by atoms with Crippen LogP contribution in [0.4, 0.5) is 4.39 Å². The molecule has 5 nitrogen and oxygen atoms in total. The largest absolute Gasteiger partial charge is 0.338 e. The second kappa shape index (κ2) is 8.25. The fourth-order valence-corrected chi connectivity index (χ4v) is 3.77. The molecular formula is C23H26FN2O3+. The van der Waals surface area contributed by atoms with E-state index >= 15 is 0 Å². The molecule has 1 fully saturated rings. The van der Waals surface area contributed by atoms with Crippen molar-refractivity contribution in [3.63, 3.8) is 0 Å². The molecule has 6 heteroatoms. The third-order valence-electron chi connectivity index (χ3n) is 5.41. The van der Waals surface area contributed by atoms with Crippen LogP contribution in [-0.2, 0) is 9.59 Å². The third-order valence-corrected chi connectivity index (χ3v) is 5.41. The zero-order valence-corrected chi connectivity index (χ0v) is 17.2. The summed E-state index contributed by atoms with van der Waals surface area (Å²) in [5.41, 5.74) is 2.70. The summed E-state index contributed by atoms with van der Waals surface area (Å²) in [6.07, 6.45) is 0. The summed E-state index contributed by atoms with van der Waals surface area (Å²) >= 11 is 0. The van der Waals surface area contributed by atoms with Gasteiger partial charge in [0, 0.05) is 5.56 Å². The van der Waals surface area contributed by atoms with Gasteiger partial charge in [-0.05, 0) is 43.2 Å². The Labute approximate surface area is 170 Å². The molecule has 152 valence electrons. The molecule has 1 aliphatic heterocycles. The van der Waals surface area contributed by atoms with E-state index in [-0.39, 0.29) is 5.78 Å². The van der Waals surface area contributed by atoms with E-state index in [2.05, 4.69) is 0 Å². The Bertz CT molecular complexity index is 953. The highest BCUT2D eigenvalue weighted by molar-refractivity contribution is 6.44. The highest BCUT2D eigenvalue weighted by atomic mass is 19.1. The van der Waals surface area contributed by atoms with E-state index in [0.717, 1.165) is 16.0 Å². The Morgan fingerprint density at radius 2 is 1.72 bits per heavy atom. The average Bonchev–Trinajstić information content (AvgIpc) is 2.93. The Kier molecular flexibility index (Phi) is 5.94. The summed E-state index contributed by atoms with van der Waals surface area (Å²) in [5, 5.41) is 0. The Balaban J connectivity index is 2.07. The van der Waals surface area contributed by atoms with Crippen LogP contribution in [0.1, 0.15) is 33.1 Å². The fourth-order valence-electron chi connectivity index (χ4n) is 3.77. The molecule has 1 heterocycles. The highest BCUT2D eigenvalue weighted by Gasteiger charge is 2.51. The van der Waals surface area contributed by atoms with Crippen LogP contribution in [0.15, 0.2) is 42.5 Å². The molecule has 1 amide bonds. The van der Waals surface area contributed by atoms with E-state index < -0.39 is 29.5 Å². The standard InChI is InChI=1S/C23H25FN2O3/c1-14-5-6-15(2)18(13-14)21(27)19-20(16-7-9-17(24)10-8-16)26(12-11-25(3)4)23(29)22(19)28/h5-10,13,19-20H,11-12H2,1-4H3/p+1. The predicted octanol–water partition coefficient (Wildman–Crippen LogP) is 1.54. The maximum absolute atomic E-state index is 13.5. The summed E-state index contributed by atoms with van der Waals surface area (Å²) in [6, 6.07) is 10.4. The fraction of sp³-hybridized carbons (Fsp3) is 0.348. The minimum absolute atomic E-state index is 0.339. The number of likely N-dealkylation sites (N-methyl/N-ethyl adjacent to an activating group) is 1. The number of aryl methyl sites for hydroxylation is 2. The highest BCUT2D eigenvalue weighted by Crippen LogP contribution is 2.38. The molecule has 1 saturated heterocycles. The Morgan fingerprint density at radius 3 is 2.34 bits per heavy atom. The number of quaternary nitrogens is 1. The lowest BCUT2D eigenvalue weighted by Gasteiger charge is -2.27. The molecule has 0 saturated carbocycles. The van der Waals surface area contributed by atoms with Crippen molar-refractivity contribution in [1.82, 2.24) is 4.90 Å². The number of hydrogen-bond donors (Lipinski definition) is 1. The number of Topliss-reactive ketones (excluding diaryl/α,β-unsaturated/α-hetero) is 2. The van der Waals surface area contributed by atoms with Gasteiger partial charge in [0.1, 0.15) is 11.7 Å². The number of benzene rings is 2. The van der Waals surface area contributed by atoms with Crippen LogP contribution in [0.3, 0.4) is 0 Å². The zero-order valence-electron chi connectivity index (χ0n) is 17.2. The maximum Gasteiger partial charge on any atom is 0.291 e. The van der Waals surface area contributed by atoms with Crippen molar-refractivity contribution in [3.05, 3.63) is 70.5 Å². The predicted molar refractivity (Wildman–Crippen MR) is 107 cm³/mol. The number of hydrogen-bond acceptors (Lipinski definition) is 3. The minimum Gasteiger partial charge on any atom is -0.338 e. The summed E-state index contributed by atoms with van der Waals surface area (Å²) in [5.74, 6) is -3.25. The van der Waals surface area contributed by atoms with Gasteiger partial charge in [-0.3, -0.25) is 14.4 Å². The molecule has 2 aromatic rings. The summed E-state index contributed by atoms with van der Waals surface area (Å²) in [4.78, 5) is 41.8. The molecule has 0 aromatic heterocycles. The molecule has 2 unspecified atom stereocenters. The molecule has 1 N–H and O–H groups in total. The summed E-state index contributed by atoms with van der Waals surface area (Å²) in [7, 11) is 3.90. The Morgan fingerprint density at radius 1 is 1.07 bits per heavy atom. The van der Waals surface area contributed by atoms with Crippen molar-refractivity contribution in [2.24, 2.45) is 5.92 Å². The van der Waals surface area contributed by atoms with Crippen LogP contribution in [0.5, 0.6) is 0 Å². The van der Waals surface area contributed by atoms with Gasteiger partial charge in [-0.15, -0.1) is 0 Å². The second-order valence-corrected chi connectivity index (χ2v) is 7.98. The number of nitrogens with zero attached hydrogens (tertiary/aromatic N) is 1. The van der Waals surface area contributed by atoms with Gasteiger partial charge in [-0.1, -0.05) is 29.8 Å². The van der Waals surface area contributed by atoms with Gasteiger partial charge in [0.15, 0.2) is 5.78 Å². The van der Waals surface area contributed by atoms with Crippen LogP contribution in [0.25, 0.3) is 0 Å². The molecule has 0 radical (unpaired) electrons. The van der Waals surface area contributed by atoms with Crippen molar-refractivity contribution < 1.29 is 23.7 Å². The van der Waals surface area contributed by atoms with Gasteiger partial charge in [-0.2, -0.15) is 0 Å². The molecule has 3 rings (SSSR count). The Hall–Kier alpha value is -2.86. The van der Waals surface area contributed by atoms with E-state index in [9.17, 15) is 18.8 Å². The number of likely N-dealkylation sites (tertiary alicyclic amines) is 1. The first-order valence-corrected chi connectivity index (χ1v) is 9.71. The topological polar surface area (TPSA) is 58.9 Å². The van der Waals surface area contributed by atoms with Crippen molar-refractivity contribution in [2.45, 2.75) is 19.9 Å². The number of amides is 1. The number of halogens is 1. The SMILES string of the molecule is Cc1ccc(C)c(C(=O)C2C(=O)C(=O)N(CC[NH+](C)C)C2c2ccc(F)cc2)c1. The normalized spacial score (nSPS) is 19.3. The van der Waals surface area contributed by atoms with Gasteiger partial charge in [0.25, 0.3) is 5.91 Å². The summed E-state index contributed by atoms with van der Waals surface area (Å²) in [6.45, 7) is 4.65. The van der Waals surface area contributed by atoms with Crippen LogP contribution in [0, 0.1) is 25.6 Å². The van der Waals surface area contributed by atoms with E-state index in [1.807, 2.05) is 40.1 Å². The van der Waals surface area contributed by atoms with E-state index in [1.165, 1.54) is 17.0 Å². The first-order chi connectivity index (χ1) is 13.7. The number of rotatable bonds is 6. The lowest BCUT2D eigenvalue weighted by Crippen LogP contribution is -3.06. The van der Waals surface area contributed by atoms with Crippen LogP contribution >= 0.6 is 0 Å². The molecule has 2 atom stereocenters. The molecular weight excluding hydrogens is 371 g/mol. The van der Waals surface area contributed by atoms with Crippen LogP contribution in [0.2, 0.25) is 0 Å². The lowest BCUT2D eigenvalue weighted by molar-refractivity contribution is -0.857. The molecule has 0 spiro atoms. The lowest BCUT2D eigenvalue weighted by atomic mass is 9.84. The van der Waals surface area contributed by atoms with Crippen molar-refractivity contribution >= 4 is 17.5 Å². The van der Waals surface area contributed by atoms with E-state index in [1.54, 1.807) is 18.2 Å². The van der Waals surface area contributed by atoms with Gasteiger partial charge < -0.3 is 9.80 Å². The first-order valence-electron chi connectivity index (χ1n) is 9.71. The maximum atomic E-state index is 13.5. The molecule has 0 aliphatic carbocycles. The molecule has 2 aromatic carbocycles. The third kappa shape index (κ3) is 4.12. The smallest absolute Gasteiger partial charge is 0.291 e. The van der Waals surface area contributed by atoms with Gasteiger partial charge >= 0.3 is 0 Å². The molecule has 0 bridgehead atoms. The second-order valence-electron chi connectivity index (χ2n) is 7.98. The van der Waals surface area contributed by atoms with Crippen molar-refractivity contribution in [3.8, 4) is 0 Å². The van der Waals surface area contributed by atoms with Gasteiger partial charge in [-0.25, -0.2) is 4.39 Å². The number of carbonyl (C=O) groups excluding carboxylic acids is 3. The zero-order chi connectivity index (χ0) is 21.3. The minimum atomic E-state index is -1.13.